The van der Waals surface area contributed by atoms with E-state index in [0.29, 0.717) is 12.1 Å². The lowest BCUT2D eigenvalue weighted by Gasteiger charge is -2.07. The molecule has 0 saturated carbocycles. The van der Waals surface area contributed by atoms with Crippen molar-refractivity contribution >= 4 is 0 Å². The number of nitrogens with one attached hydrogen (secondary N) is 1. The van der Waals surface area contributed by atoms with E-state index >= 15 is 0 Å². The highest BCUT2D eigenvalue weighted by Gasteiger charge is 2.05. The molecule has 2 aromatic rings. The third-order valence-corrected chi connectivity index (χ3v) is 2.80. The summed E-state index contributed by atoms with van der Waals surface area (Å²) in [6, 6.07) is 9.15. The fourth-order valence-electron chi connectivity index (χ4n) is 1.79. The largest absolute Gasteiger partial charge is 0.309 e. The molecule has 0 heterocycles. The highest BCUT2D eigenvalue weighted by Crippen LogP contribution is 2.11. The molecule has 0 atom stereocenters. The molecule has 0 bridgehead atoms. The van der Waals surface area contributed by atoms with Gasteiger partial charge < -0.3 is 5.32 Å². The number of rotatable bonds is 4. The van der Waals surface area contributed by atoms with Gasteiger partial charge in [-0.25, -0.2) is 13.2 Å². The Morgan fingerprint density at radius 2 is 1.70 bits per heavy atom. The van der Waals surface area contributed by atoms with Gasteiger partial charge in [0.05, 0.1) is 5.56 Å². The molecular weight excluding hydrogens is 265 g/mol. The second-order valence-electron chi connectivity index (χ2n) is 4.27. The number of hydrogen-bond donors (Lipinski definition) is 1. The molecule has 0 unspecified atom stereocenters. The van der Waals surface area contributed by atoms with Gasteiger partial charge in [0.25, 0.3) is 0 Å². The topological polar surface area (TPSA) is 35.8 Å². The van der Waals surface area contributed by atoms with E-state index in [1.165, 1.54) is 18.2 Å². The van der Waals surface area contributed by atoms with Crippen molar-refractivity contribution in [1.82, 2.24) is 5.32 Å². The fraction of sp³-hybridized carbons (Fsp3) is 0.133. The Hall–Kier alpha value is -2.32. The van der Waals surface area contributed by atoms with Crippen LogP contribution in [0.1, 0.15) is 16.7 Å². The molecule has 2 aromatic carbocycles. The first-order chi connectivity index (χ1) is 9.60. The van der Waals surface area contributed by atoms with E-state index in [-0.39, 0.29) is 17.7 Å². The predicted molar refractivity (Wildman–Crippen MR) is 68.0 cm³/mol. The quantitative estimate of drug-likeness (QED) is 0.930. The highest BCUT2D eigenvalue weighted by atomic mass is 19.1. The van der Waals surface area contributed by atoms with Gasteiger partial charge >= 0.3 is 0 Å². The number of halogens is 3. The van der Waals surface area contributed by atoms with E-state index in [0.717, 1.165) is 18.2 Å². The van der Waals surface area contributed by atoms with E-state index in [1.54, 1.807) is 6.07 Å². The Labute approximate surface area is 114 Å². The first-order valence-electron chi connectivity index (χ1n) is 5.93. The van der Waals surface area contributed by atoms with Gasteiger partial charge in [-0.05, 0) is 35.9 Å². The van der Waals surface area contributed by atoms with Gasteiger partial charge in [0.15, 0.2) is 0 Å². The van der Waals surface area contributed by atoms with Gasteiger partial charge in [-0.15, -0.1) is 0 Å². The minimum Gasteiger partial charge on any atom is -0.309 e. The van der Waals surface area contributed by atoms with Crippen LogP contribution in [-0.2, 0) is 13.1 Å². The van der Waals surface area contributed by atoms with E-state index in [1.807, 2.05) is 0 Å². The van der Waals surface area contributed by atoms with Crippen molar-refractivity contribution in [3.05, 3.63) is 70.5 Å². The second-order valence-corrected chi connectivity index (χ2v) is 4.27. The molecule has 0 spiro atoms. The van der Waals surface area contributed by atoms with Crippen molar-refractivity contribution in [1.29, 1.82) is 5.26 Å². The second kappa shape index (κ2) is 6.22. The third kappa shape index (κ3) is 3.37. The van der Waals surface area contributed by atoms with Crippen LogP contribution in [0.2, 0.25) is 0 Å². The first-order valence-corrected chi connectivity index (χ1v) is 5.93. The van der Waals surface area contributed by atoms with Crippen LogP contribution in [0.25, 0.3) is 0 Å². The number of nitrogens with zero attached hydrogens (tertiary/aromatic N) is 1. The van der Waals surface area contributed by atoms with Crippen LogP contribution < -0.4 is 5.32 Å². The molecule has 5 heteroatoms. The molecule has 0 radical (unpaired) electrons. The van der Waals surface area contributed by atoms with Crippen molar-refractivity contribution in [2.75, 3.05) is 0 Å². The molecule has 0 amide bonds. The summed E-state index contributed by atoms with van der Waals surface area (Å²) in [4.78, 5) is 0. The summed E-state index contributed by atoms with van der Waals surface area (Å²) >= 11 is 0. The zero-order valence-corrected chi connectivity index (χ0v) is 10.5. The van der Waals surface area contributed by atoms with Crippen LogP contribution >= 0.6 is 0 Å². The normalized spacial score (nSPS) is 10.3. The van der Waals surface area contributed by atoms with Gasteiger partial charge in [0, 0.05) is 18.7 Å². The molecule has 0 aromatic heterocycles. The number of benzene rings is 2. The SMILES string of the molecule is N#Cc1cc(CNCc2cc(F)ccc2F)ccc1F. The Kier molecular flexibility index (Phi) is 4.38. The lowest BCUT2D eigenvalue weighted by atomic mass is 10.1. The summed E-state index contributed by atoms with van der Waals surface area (Å²) in [5, 5.41) is 11.6. The van der Waals surface area contributed by atoms with E-state index in [4.69, 9.17) is 5.26 Å². The van der Waals surface area contributed by atoms with Gasteiger partial charge in [-0.2, -0.15) is 5.26 Å². The monoisotopic (exact) mass is 276 g/mol. The Morgan fingerprint density at radius 1 is 0.950 bits per heavy atom. The van der Waals surface area contributed by atoms with Crippen LogP contribution in [0, 0.1) is 28.8 Å². The molecule has 102 valence electrons. The molecule has 2 rings (SSSR count). The molecule has 0 aliphatic carbocycles. The summed E-state index contributed by atoms with van der Waals surface area (Å²) in [5.74, 6) is -1.57. The molecule has 0 aliphatic heterocycles. The summed E-state index contributed by atoms with van der Waals surface area (Å²) in [6.45, 7) is 0.466. The maximum Gasteiger partial charge on any atom is 0.140 e. The fourth-order valence-corrected chi connectivity index (χ4v) is 1.79. The van der Waals surface area contributed by atoms with Crippen molar-refractivity contribution in [2.45, 2.75) is 13.1 Å². The standard InChI is InChI=1S/C15H11F3N2/c16-13-2-4-15(18)12(6-13)9-20-8-10-1-3-14(17)11(5-10)7-19/h1-6,20H,8-9H2. The Balaban J connectivity index is 2.00. The first kappa shape index (κ1) is 14.1. The Morgan fingerprint density at radius 3 is 2.45 bits per heavy atom. The van der Waals surface area contributed by atoms with Crippen molar-refractivity contribution < 1.29 is 13.2 Å². The number of hydrogen-bond acceptors (Lipinski definition) is 2. The van der Waals surface area contributed by atoms with Gasteiger partial charge in [0.2, 0.25) is 0 Å². The molecule has 1 N–H and O–H groups in total. The van der Waals surface area contributed by atoms with Crippen LogP contribution in [0.5, 0.6) is 0 Å². The predicted octanol–water partition coefficient (Wildman–Crippen LogP) is 3.27. The zero-order chi connectivity index (χ0) is 14.5. The molecule has 0 aliphatic rings. The van der Waals surface area contributed by atoms with Crippen LogP contribution in [0.4, 0.5) is 13.2 Å². The summed E-state index contributed by atoms with van der Waals surface area (Å²) < 4.78 is 39.5. The molecule has 20 heavy (non-hydrogen) atoms. The van der Waals surface area contributed by atoms with Crippen LogP contribution in [0.15, 0.2) is 36.4 Å². The van der Waals surface area contributed by atoms with Gasteiger partial charge in [-0.1, -0.05) is 6.07 Å². The van der Waals surface area contributed by atoms with Crippen molar-refractivity contribution in [3.8, 4) is 6.07 Å². The van der Waals surface area contributed by atoms with E-state index in [2.05, 4.69) is 5.32 Å². The average molecular weight is 276 g/mol. The summed E-state index contributed by atoms with van der Waals surface area (Å²) in [5.41, 5.74) is 0.869. The lowest BCUT2D eigenvalue weighted by Crippen LogP contribution is -2.14. The summed E-state index contributed by atoms with van der Waals surface area (Å²) in [7, 11) is 0. The lowest BCUT2D eigenvalue weighted by molar-refractivity contribution is 0.568. The maximum atomic E-state index is 13.4. The minimum atomic E-state index is -0.576. The van der Waals surface area contributed by atoms with Crippen LogP contribution in [-0.4, -0.2) is 0 Å². The van der Waals surface area contributed by atoms with Crippen molar-refractivity contribution in [2.24, 2.45) is 0 Å². The van der Waals surface area contributed by atoms with Crippen molar-refractivity contribution in [3.63, 3.8) is 0 Å². The van der Waals surface area contributed by atoms with Crippen LogP contribution in [0.3, 0.4) is 0 Å². The van der Waals surface area contributed by atoms with E-state index in [9.17, 15) is 13.2 Å². The number of nitriles is 1. The van der Waals surface area contributed by atoms with E-state index < -0.39 is 17.5 Å². The maximum absolute atomic E-state index is 13.4. The highest BCUT2D eigenvalue weighted by molar-refractivity contribution is 5.34. The third-order valence-electron chi connectivity index (χ3n) is 2.80. The van der Waals surface area contributed by atoms with Gasteiger partial charge in [0.1, 0.15) is 23.5 Å². The molecular formula is C15H11F3N2. The Bertz CT molecular complexity index is 663. The molecule has 2 nitrogen and oxygen atoms in total. The average Bonchev–Trinajstić information content (AvgIpc) is 2.44. The minimum absolute atomic E-state index is 0.0405. The molecule has 0 fully saturated rings. The summed E-state index contributed by atoms with van der Waals surface area (Å²) in [6.07, 6.45) is 0. The smallest absolute Gasteiger partial charge is 0.140 e. The van der Waals surface area contributed by atoms with Gasteiger partial charge in [-0.3, -0.25) is 0 Å². The zero-order valence-electron chi connectivity index (χ0n) is 10.5. The molecule has 0 saturated heterocycles.